The molecule has 0 radical (unpaired) electrons. The van der Waals surface area contributed by atoms with Crippen LogP contribution in [0, 0.1) is 0 Å². The second kappa shape index (κ2) is 5.62. The van der Waals surface area contributed by atoms with Crippen molar-refractivity contribution in [3.8, 4) is 0 Å². The van der Waals surface area contributed by atoms with E-state index in [9.17, 15) is 19.2 Å². The van der Waals surface area contributed by atoms with Crippen LogP contribution in [0.25, 0.3) is 0 Å². The molecule has 7 heteroatoms. The topological polar surface area (TPSA) is 104 Å². The van der Waals surface area contributed by atoms with Gasteiger partial charge in [0.15, 0.2) is 0 Å². The van der Waals surface area contributed by atoms with E-state index >= 15 is 0 Å². The molecular weight excluding hydrogens is 312 g/mol. The molecule has 1 aliphatic rings. The number of fused-ring (bicyclic) bond motifs is 1. The predicted octanol–water partition coefficient (Wildman–Crippen LogP) is 2.14. The van der Waals surface area contributed by atoms with Crippen LogP contribution >= 0.6 is 0 Å². The van der Waals surface area contributed by atoms with Crippen molar-refractivity contribution in [2.75, 3.05) is 10.2 Å². The van der Waals surface area contributed by atoms with Crippen LogP contribution in [0.4, 0.5) is 11.4 Å². The van der Waals surface area contributed by atoms with E-state index in [0.29, 0.717) is 11.4 Å². The van der Waals surface area contributed by atoms with Crippen molar-refractivity contribution in [1.29, 1.82) is 0 Å². The van der Waals surface area contributed by atoms with Crippen LogP contribution in [-0.4, -0.2) is 28.8 Å². The SMILES string of the molecule is CC(=O)Nc1ccc(N2C(=O)c3ccc(C(=O)O)cc3C2=O)cc1. The Balaban J connectivity index is 1.95. The molecule has 1 heterocycles. The zero-order chi connectivity index (χ0) is 17.4. The van der Waals surface area contributed by atoms with Gasteiger partial charge >= 0.3 is 5.97 Å². The van der Waals surface area contributed by atoms with Crippen molar-refractivity contribution >= 4 is 35.1 Å². The number of nitrogens with zero attached hydrogens (tertiary/aromatic N) is 1. The molecule has 24 heavy (non-hydrogen) atoms. The molecule has 7 nitrogen and oxygen atoms in total. The molecule has 0 bridgehead atoms. The summed E-state index contributed by atoms with van der Waals surface area (Å²) >= 11 is 0. The fourth-order valence-electron chi connectivity index (χ4n) is 2.51. The number of hydrogen-bond acceptors (Lipinski definition) is 4. The Hall–Kier alpha value is -3.48. The molecular formula is C17H12N2O5. The van der Waals surface area contributed by atoms with Crippen LogP contribution in [0.2, 0.25) is 0 Å². The zero-order valence-electron chi connectivity index (χ0n) is 12.6. The van der Waals surface area contributed by atoms with Gasteiger partial charge in [-0.05, 0) is 42.5 Å². The minimum atomic E-state index is -1.17. The van der Waals surface area contributed by atoms with Crippen molar-refractivity contribution in [2.24, 2.45) is 0 Å². The summed E-state index contributed by atoms with van der Waals surface area (Å²) in [6.45, 7) is 1.37. The minimum absolute atomic E-state index is 0.0576. The van der Waals surface area contributed by atoms with E-state index in [2.05, 4.69) is 5.32 Å². The number of carbonyl (C=O) groups is 4. The predicted molar refractivity (Wildman–Crippen MR) is 85.3 cm³/mol. The molecule has 1 aliphatic heterocycles. The highest BCUT2D eigenvalue weighted by molar-refractivity contribution is 6.34. The first-order chi connectivity index (χ1) is 11.4. The Morgan fingerprint density at radius 2 is 1.58 bits per heavy atom. The number of nitrogens with one attached hydrogen (secondary N) is 1. The van der Waals surface area contributed by atoms with Crippen molar-refractivity contribution in [3.63, 3.8) is 0 Å². The number of benzene rings is 2. The Morgan fingerprint density at radius 1 is 0.958 bits per heavy atom. The smallest absolute Gasteiger partial charge is 0.335 e. The van der Waals surface area contributed by atoms with Gasteiger partial charge in [-0.15, -0.1) is 0 Å². The third-order valence-corrected chi connectivity index (χ3v) is 3.58. The Morgan fingerprint density at radius 3 is 2.17 bits per heavy atom. The van der Waals surface area contributed by atoms with Gasteiger partial charge in [0, 0.05) is 12.6 Å². The van der Waals surface area contributed by atoms with E-state index in [4.69, 9.17) is 5.11 Å². The molecule has 0 aliphatic carbocycles. The lowest BCUT2D eigenvalue weighted by Gasteiger charge is -2.14. The van der Waals surface area contributed by atoms with Crippen LogP contribution in [0.1, 0.15) is 38.0 Å². The average molecular weight is 324 g/mol. The third kappa shape index (κ3) is 2.52. The number of anilines is 2. The van der Waals surface area contributed by atoms with Gasteiger partial charge < -0.3 is 10.4 Å². The van der Waals surface area contributed by atoms with Gasteiger partial charge in [-0.3, -0.25) is 14.4 Å². The number of rotatable bonds is 3. The highest BCUT2D eigenvalue weighted by atomic mass is 16.4. The fourth-order valence-corrected chi connectivity index (χ4v) is 2.51. The van der Waals surface area contributed by atoms with Gasteiger partial charge in [-0.25, -0.2) is 9.69 Å². The highest BCUT2D eigenvalue weighted by Gasteiger charge is 2.37. The molecule has 0 unspecified atom stereocenters. The Kier molecular flexibility index (Phi) is 3.61. The molecule has 3 rings (SSSR count). The molecule has 0 saturated carbocycles. The van der Waals surface area contributed by atoms with Crippen molar-refractivity contribution < 1.29 is 24.3 Å². The summed E-state index contributed by atoms with van der Waals surface area (Å²) < 4.78 is 0. The molecule has 2 N–H and O–H groups in total. The summed E-state index contributed by atoms with van der Waals surface area (Å²) in [6, 6.07) is 10.0. The van der Waals surface area contributed by atoms with E-state index in [1.54, 1.807) is 12.1 Å². The number of imide groups is 1. The van der Waals surface area contributed by atoms with Crippen LogP contribution in [0.3, 0.4) is 0 Å². The van der Waals surface area contributed by atoms with Gasteiger partial charge in [-0.1, -0.05) is 0 Å². The molecule has 0 atom stereocenters. The quantitative estimate of drug-likeness (QED) is 0.842. The molecule has 0 aromatic heterocycles. The summed E-state index contributed by atoms with van der Waals surface area (Å²) in [4.78, 5) is 47.9. The molecule has 120 valence electrons. The number of hydrogen-bond donors (Lipinski definition) is 2. The monoisotopic (exact) mass is 324 g/mol. The first-order valence-electron chi connectivity index (χ1n) is 7.02. The third-order valence-electron chi connectivity index (χ3n) is 3.58. The number of amides is 3. The molecule has 2 aromatic rings. The fraction of sp³-hybridized carbons (Fsp3) is 0.0588. The minimum Gasteiger partial charge on any atom is -0.478 e. The maximum Gasteiger partial charge on any atom is 0.335 e. The van der Waals surface area contributed by atoms with E-state index < -0.39 is 17.8 Å². The zero-order valence-corrected chi connectivity index (χ0v) is 12.6. The summed E-state index contributed by atoms with van der Waals surface area (Å²) in [5.41, 5.74) is 1.04. The summed E-state index contributed by atoms with van der Waals surface area (Å²) in [5, 5.41) is 11.6. The van der Waals surface area contributed by atoms with E-state index in [0.717, 1.165) is 4.90 Å². The summed E-state index contributed by atoms with van der Waals surface area (Å²) in [6.07, 6.45) is 0. The lowest BCUT2D eigenvalue weighted by atomic mass is 10.1. The number of carbonyl (C=O) groups excluding carboxylic acids is 3. The normalized spacial score (nSPS) is 13.0. The van der Waals surface area contributed by atoms with Crippen LogP contribution in [0.15, 0.2) is 42.5 Å². The second-order valence-electron chi connectivity index (χ2n) is 5.24. The molecule has 0 fully saturated rings. The maximum atomic E-state index is 12.5. The van der Waals surface area contributed by atoms with Crippen LogP contribution in [0.5, 0.6) is 0 Å². The van der Waals surface area contributed by atoms with E-state index in [1.165, 1.54) is 37.3 Å². The van der Waals surface area contributed by atoms with Gasteiger partial charge in [-0.2, -0.15) is 0 Å². The molecule has 3 amide bonds. The first kappa shape index (κ1) is 15.4. The van der Waals surface area contributed by atoms with Crippen LogP contribution < -0.4 is 10.2 Å². The number of carboxylic acids is 1. The van der Waals surface area contributed by atoms with Gasteiger partial charge in [0.25, 0.3) is 11.8 Å². The summed E-state index contributed by atoms with van der Waals surface area (Å²) in [7, 11) is 0. The number of aromatic carboxylic acids is 1. The molecule has 0 spiro atoms. The van der Waals surface area contributed by atoms with Gasteiger partial charge in [0.2, 0.25) is 5.91 Å². The van der Waals surface area contributed by atoms with Crippen molar-refractivity contribution in [3.05, 3.63) is 59.2 Å². The van der Waals surface area contributed by atoms with E-state index in [1.807, 2.05) is 0 Å². The highest BCUT2D eigenvalue weighted by Crippen LogP contribution is 2.29. The van der Waals surface area contributed by atoms with Crippen molar-refractivity contribution in [2.45, 2.75) is 6.92 Å². The standard InChI is InChI=1S/C17H12N2O5/c1-9(20)18-11-3-5-12(6-4-11)19-15(21)13-7-2-10(17(23)24)8-14(13)16(19)22/h2-8H,1H3,(H,18,20)(H,23,24). The average Bonchev–Trinajstić information content (AvgIpc) is 2.79. The largest absolute Gasteiger partial charge is 0.478 e. The van der Waals surface area contributed by atoms with Crippen LogP contribution in [-0.2, 0) is 4.79 Å². The van der Waals surface area contributed by atoms with Crippen molar-refractivity contribution in [1.82, 2.24) is 0 Å². The molecule has 2 aromatic carbocycles. The van der Waals surface area contributed by atoms with Gasteiger partial charge in [0.1, 0.15) is 0 Å². The van der Waals surface area contributed by atoms with E-state index in [-0.39, 0.29) is 22.6 Å². The molecule has 0 saturated heterocycles. The first-order valence-corrected chi connectivity index (χ1v) is 7.02. The summed E-state index contributed by atoms with van der Waals surface area (Å²) in [5.74, 6) is -2.49. The Bertz CT molecular complexity index is 886. The lowest BCUT2D eigenvalue weighted by Crippen LogP contribution is -2.29. The number of carboxylic acid groups (broad SMARTS) is 1. The maximum absolute atomic E-state index is 12.5. The van der Waals surface area contributed by atoms with Gasteiger partial charge in [0.05, 0.1) is 22.4 Å². The lowest BCUT2D eigenvalue weighted by molar-refractivity contribution is -0.114. The second-order valence-corrected chi connectivity index (χ2v) is 5.24. The Labute approximate surface area is 136 Å².